The second kappa shape index (κ2) is 14.8. The van der Waals surface area contributed by atoms with Gasteiger partial charge in [-0.05, 0) is 64.1 Å². The zero-order valence-electron chi connectivity index (χ0n) is 18.7. The van der Waals surface area contributed by atoms with Crippen molar-refractivity contribution >= 4 is 39.2 Å². The number of furan rings is 1. The lowest BCUT2D eigenvalue weighted by atomic mass is 10.1. The predicted molar refractivity (Wildman–Crippen MR) is 130 cm³/mol. The lowest BCUT2D eigenvalue weighted by molar-refractivity contribution is 0.669. The third kappa shape index (κ3) is 7.82. The lowest BCUT2D eigenvalue weighted by Crippen LogP contribution is -2.01. The number of benzene rings is 2. The number of hydrogen-bond donors (Lipinski definition) is 1. The van der Waals surface area contributed by atoms with Crippen LogP contribution >= 0.6 is 11.6 Å². The van der Waals surface area contributed by atoms with Crippen LogP contribution in [-0.2, 0) is 0 Å². The molecular formula is C25H36ClNO. The van der Waals surface area contributed by atoms with Gasteiger partial charge in [0.05, 0.1) is 0 Å². The molecule has 0 spiro atoms. The van der Waals surface area contributed by atoms with Gasteiger partial charge in [0.1, 0.15) is 11.2 Å². The number of fused-ring (bicyclic) bond motifs is 3. The zero-order valence-corrected chi connectivity index (χ0v) is 19.4. The first-order valence-electron chi connectivity index (χ1n) is 10.1. The van der Waals surface area contributed by atoms with Gasteiger partial charge in [0, 0.05) is 28.0 Å². The van der Waals surface area contributed by atoms with E-state index in [9.17, 15) is 0 Å². The Morgan fingerprint density at radius 1 is 0.893 bits per heavy atom. The van der Waals surface area contributed by atoms with Crippen LogP contribution in [0.2, 0.25) is 5.02 Å². The van der Waals surface area contributed by atoms with Crippen LogP contribution in [0.4, 0.5) is 5.69 Å². The Labute approximate surface area is 176 Å². The largest absolute Gasteiger partial charge is 0.456 e. The van der Waals surface area contributed by atoms with E-state index in [-0.39, 0.29) is 0 Å². The fourth-order valence-corrected chi connectivity index (χ4v) is 2.38. The molecule has 1 N–H and O–H groups in total. The average molecular weight is 402 g/mol. The summed E-state index contributed by atoms with van der Waals surface area (Å²) in [6, 6.07) is 11.9. The van der Waals surface area contributed by atoms with Crippen LogP contribution in [0.5, 0.6) is 0 Å². The van der Waals surface area contributed by atoms with Crippen molar-refractivity contribution in [3.8, 4) is 0 Å². The molecule has 0 amide bonds. The molecule has 2 aromatic carbocycles. The zero-order chi connectivity index (χ0) is 21.5. The SMILES string of the molecule is C/C=C(/C)CNc1ccc2oc3ccc(Cl)cc3c2c1.C/C=C\C.CC.CC. The maximum Gasteiger partial charge on any atom is 0.135 e. The van der Waals surface area contributed by atoms with Gasteiger partial charge in [0.15, 0.2) is 0 Å². The van der Waals surface area contributed by atoms with Crippen LogP contribution in [0.25, 0.3) is 21.9 Å². The Balaban J connectivity index is 0.000000797. The quantitative estimate of drug-likeness (QED) is 0.442. The van der Waals surface area contributed by atoms with Crippen LogP contribution in [0.15, 0.2) is 64.6 Å². The molecule has 0 unspecified atom stereocenters. The van der Waals surface area contributed by atoms with E-state index in [0.717, 1.165) is 39.2 Å². The highest BCUT2D eigenvalue weighted by Gasteiger charge is 2.08. The Kier molecular flexibility index (Phi) is 13.7. The van der Waals surface area contributed by atoms with Gasteiger partial charge < -0.3 is 9.73 Å². The van der Waals surface area contributed by atoms with Gasteiger partial charge in [-0.15, -0.1) is 0 Å². The molecule has 0 saturated heterocycles. The van der Waals surface area contributed by atoms with Crippen LogP contribution in [0.1, 0.15) is 55.4 Å². The fourth-order valence-electron chi connectivity index (χ4n) is 2.20. The van der Waals surface area contributed by atoms with E-state index in [1.807, 2.05) is 91.0 Å². The van der Waals surface area contributed by atoms with Gasteiger partial charge in [-0.3, -0.25) is 0 Å². The van der Waals surface area contributed by atoms with Crippen molar-refractivity contribution in [1.29, 1.82) is 0 Å². The first-order chi connectivity index (χ1) is 13.6. The molecule has 0 fully saturated rings. The molecule has 2 nitrogen and oxygen atoms in total. The fraction of sp³-hybridized carbons (Fsp3) is 0.360. The monoisotopic (exact) mass is 401 g/mol. The van der Waals surface area contributed by atoms with E-state index in [1.165, 1.54) is 5.57 Å². The molecule has 1 aromatic heterocycles. The molecule has 154 valence electrons. The molecular weight excluding hydrogens is 366 g/mol. The van der Waals surface area contributed by atoms with E-state index >= 15 is 0 Å². The second-order valence-electron chi connectivity index (χ2n) is 5.61. The molecule has 0 saturated carbocycles. The average Bonchev–Trinajstić information content (AvgIpc) is 3.12. The maximum absolute atomic E-state index is 6.07. The molecule has 0 aliphatic heterocycles. The molecule has 3 aromatic rings. The second-order valence-corrected chi connectivity index (χ2v) is 6.05. The third-order valence-corrected chi connectivity index (χ3v) is 4.06. The molecule has 1 heterocycles. The normalized spacial score (nSPS) is 10.5. The summed E-state index contributed by atoms with van der Waals surface area (Å²) in [5.41, 5.74) is 4.15. The number of allylic oxidation sites excluding steroid dienone is 3. The Bertz CT molecular complexity index is 871. The summed E-state index contributed by atoms with van der Waals surface area (Å²) >= 11 is 6.07. The molecule has 0 radical (unpaired) electrons. The minimum Gasteiger partial charge on any atom is -0.456 e. The van der Waals surface area contributed by atoms with Gasteiger partial charge in [-0.25, -0.2) is 0 Å². The Morgan fingerprint density at radius 3 is 1.96 bits per heavy atom. The topological polar surface area (TPSA) is 25.2 Å². The highest BCUT2D eigenvalue weighted by Crippen LogP contribution is 2.32. The van der Waals surface area contributed by atoms with Gasteiger partial charge in [0.2, 0.25) is 0 Å². The summed E-state index contributed by atoms with van der Waals surface area (Å²) in [6.07, 6.45) is 6.11. The highest BCUT2D eigenvalue weighted by atomic mass is 35.5. The maximum atomic E-state index is 6.07. The van der Waals surface area contributed by atoms with Crippen LogP contribution in [-0.4, -0.2) is 6.54 Å². The van der Waals surface area contributed by atoms with E-state index in [4.69, 9.17) is 16.0 Å². The van der Waals surface area contributed by atoms with Crippen molar-refractivity contribution in [3.63, 3.8) is 0 Å². The molecule has 3 rings (SSSR count). The minimum absolute atomic E-state index is 0.725. The van der Waals surface area contributed by atoms with Gasteiger partial charge >= 0.3 is 0 Å². The van der Waals surface area contributed by atoms with Crippen molar-refractivity contribution in [1.82, 2.24) is 0 Å². The standard InChI is InChI=1S/C17H16ClNO.C4H8.2C2H6/c1-3-11(2)10-19-13-5-7-17-15(9-13)14-8-12(18)4-6-16(14)20-17;1-3-4-2;2*1-2/h3-9,19H,10H2,1-2H3;3-4H,1-2H3;2*1-2H3/b11-3-;4-3-;;. The van der Waals surface area contributed by atoms with Crippen molar-refractivity contribution in [2.75, 3.05) is 11.9 Å². The Hall–Kier alpha value is -2.19. The van der Waals surface area contributed by atoms with Crippen molar-refractivity contribution in [3.05, 3.63) is 65.2 Å². The number of anilines is 1. The van der Waals surface area contributed by atoms with Crippen molar-refractivity contribution in [2.24, 2.45) is 0 Å². The number of nitrogens with one attached hydrogen (secondary N) is 1. The molecule has 0 aliphatic carbocycles. The first kappa shape index (κ1) is 25.8. The molecule has 0 bridgehead atoms. The molecule has 3 heteroatoms. The molecule has 0 atom stereocenters. The van der Waals surface area contributed by atoms with Crippen LogP contribution in [0.3, 0.4) is 0 Å². The van der Waals surface area contributed by atoms with E-state index in [0.29, 0.717) is 0 Å². The van der Waals surface area contributed by atoms with Crippen molar-refractivity contribution in [2.45, 2.75) is 55.4 Å². The highest BCUT2D eigenvalue weighted by molar-refractivity contribution is 6.31. The van der Waals surface area contributed by atoms with Gasteiger partial charge in [-0.2, -0.15) is 0 Å². The predicted octanol–water partition coefficient (Wildman–Crippen LogP) is 9.25. The third-order valence-electron chi connectivity index (χ3n) is 3.83. The summed E-state index contributed by atoms with van der Waals surface area (Å²) < 4.78 is 5.81. The Morgan fingerprint density at radius 2 is 1.43 bits per heavy atom. The van der Waals surface area contributed by atoms with Crippen LogP contribution in [0, 0.1) is 0 Å². The molecule has 0 aliphatic rings. The molecule has 28 heavy (non-hydrogen) atoms. The number of halogens is 1. The van der Waals surface area contributed by atoms with Crippen LogP contribution < -0.4 is 5.32 Å². The number of hydrogen-bond acceptors (Lipinski definition) is 2. The smallest absolute Gasteiger partial charge is 0.135 e. The summed E-state index contributed by atoms with van der Waals surface area (Å²) in [4.78, 5) is 0. The summed E-state index contributed by atoms with van der Waals surface area (Å²) in [5.74, 6) is 0. The van der Waals surface area contributed by atoms with E-state index < -0.39 is 0 Å². The first-order valence-corrected chi connectivity index (χ1v) is 10.5. The van der Waals surface area contributed by atoms with Gasteiger partial charge in [-0.1, -0.05) is 63.1 Å². The summed E-state index contributed by atoms with van der Waals surface area (Å²) in [6.45, 7) is 17.0. The van der Waals surface area contributed by atoms with Crippen molar-refractivity contribution < 1.29 is 4.42 Å². The summed E-state index contributed by atoms with van der Waals surface area (Å²) in [5, 5.41) is 6.28. The number of rotatable bonds is 3. The minimum atomic E-state index is 0.725. The van der Waals surface area contributed by atoms with E-state index in [2.05, 4.69) is 24.4 Å². The van der Waals surface area contributed by atoms with E-state index in [1.54, 1.807) is 0 Å². The lowest BCUT2D eigenvalue weighted by Gasteiger charge is -2.06. The summed E-state index contributed by atoms with van der Waals surface area (Å²) in [7, 11) is 0. The van der Waals surface area contributed by atoms with Gasteiger partial charge in [0.25, 0.3) is 0 Å².